The smallest absolute Gasteiger partial charge is 0.253 e. The van der Waals surface area contributed by atoms with Gasteiger partial charge >= 0.3 is 0 Å². The van der Waals surface area contributed by atoms with E-state index < -0.39 is 0 Å². The van der Waals surface area contributed by atoms with E-state index in [1.807, 2.05) is 73.3 Å². The molecule has 1 fully saturated rings. The molecule has 1 heterocycles. The third-order valence-electron chi connectivity index (χ3n) is 6.41. The van der Waals surface area contributed by atoms with Crippen molar-refractivity contribution in [2.24, 2.45) is 0 Å². The number of nitrogens with one attached hydrogen (secondary N) is 1. The van der Waals surface area contributed by atoms with Crippen LogP contribution in [0.3, 0.4) is 0 Å². The van der Waals surface area contributed by atoms with Gasteiger partial charge < -0.3 is 19.7 Å². The van der Waals surface area contributed by atoms with E-state index in [4.69, 9.17) is 9.47 Å². The van der Waals surface area contributed by atoms with Crippen molar-refractivity contribution >= 4 is 11.8 Å². The molecule has 3 aromatic carbocycles. The van der Waals surface area contributed by atoms with Gasteiger partial charge in [-0.05, 0) is 86.3 Å². The topological polar surface area (TPSA) is 67.9 Å². The Labute approximate surface area is 213 Å². The van der Waals surface area contributed by atoms with Crippen LogP contribution in [0, 0.1) is 0 Å². The van der Waals surface area contributed by atoms with Gasteiger partial charge in [-0.15, -0.1) is 0 Å². The quantitative estimate of drug-likeness (QED) is 0.461. The number of methoxy groups -OCH3 is 1. The molecule has 0 aliphatic carbocycles. The first-order valence-corrected chi connectivity index (χ1v) is 12.5. The van der Waals surface area contributed by atoms with Crippen molar-refractivity contribution in [1.82, 2.24) is 10.2 Å². The molecule has 0 radical (unpaired) electrons. The molecule has 1 N–H and O–H groups in total. The molecular formula is C30H34N2O4. The second-order valence-electron chi connectivity index (χ2n) is 9.44. The molecule has 188 valence electrons. The van der Waals surface area contributed by atoms with Gasteiger partial charge in [0.1, 0.15) is 11.5 Å². The standard InChI is InChI=1S/C30H34N2O4/c1-21(2)36-28-13-9-22(10-14-28)19-31-29(33)25-7-4-6-24(18-25)26-8-5-17-32(20-26)30(34)23-11-15-27(35-3)16-12-23/h4,6-7,9-16,18,21,26H,5,8,17,19-20H2,1-3H3,(H,31,33)/t26-/m0/s1. The molecule has 0 saturated carbocycles. The minimum Gasteiger partial charge on any atom is -0.497 e. The van der Waals surface area contributed by atoms with Gasteiger partial charge in [0.2, 0.25) is 0 Å². The number of ether oxygens (including phenoxy) is 2. The van der Waals surface area contributed by atoms with Crippen molar-refractivity contribution in [3.8, 4) is 11.5 Å². The Morgan fingerprint density at radius 1 is 0.972 bits per heavy atom. The summed E-state index contributed by atoms with van der Waals surface area (Å²) >= 11 is 0. The first-order valence-electron chi connectivity index (χ1n) is 12.5. The van der Waals surface area contributed by atoms with Crippen molar-refractivity contribution in [1.29, 1.82) is 0 Å². The lowest BCUT2D eigenvalue weighted by Gasteiger charge is -2.33. The number of likely N-dealkylation sites (tertiary alicyclic amines) is 1. The van der Waals surface area contributed by atoms with Crippen LogP contribution in [-0.4, -0.2) is 43.0 Å². The molecule has 2 amide bonds. The number of carbonyl (C=O) groups is 2. The summed E-state index contributed by atoms with van der Waals surface area (Å²) in [4.78, 5) is 27.8. The van der Waals surface area contributed by atoms with E-state index in [0.717, 1.165) is 42.0 Å². The Bertz CT molecular complexity index is 1170. The lowest BCUT2D eigenvalue weighted by molar-refractivity contribution is 0.0706. The summed E-state index contributed by atoms with van der Waals surface area (Å²) in [6, 6.07) is 22.8. The molecule has 1 atom stereocenters. The highest BCUT2D eigenvalue weighted by Crippen LogP contribution is 2.28. The number of benzene rings is 3. The van der Waals surface area contributed by atoms with Crippen LogP contribution in [0.25, 0.3) is 0 Å². The van der Waals surface area contributed by atoms with E-state index in [1.54, 1.807) is 19.2 Å². The molecular weight excluding hydrogens is 452 g/mol. The number of nitrogens with zero attached hydrogens (tertiary/aromatic N) is 1. The minimum atomic E-state index is -0.110. The second kappa shape index (κ2) is 11.8. The Morgan fingerprint density at radius 2 is 1.69 bits per heavy atom. The Balaban J connectivity index is 1.37. The van der Waals surface area contributed by atoms with Crippen LogP contribution in [0.2, 0.25) is 0 Å². The average molecular weight is 487 g/mol. The van der Waals surface area contributed by atoms with Crippen molar-refractivity contribution in [3.05, 3.63) is 95.1 Å². The molecule has 6 nitrogen and oxygen atoms in total. The van der Waals surface area contributed by atoms with Gasteiger partial charge in [0.25, 0.3) is 11.8 Å². The number of hydrogen-bond acceptors (Lipinski definition) is 4. The maximum absolute atomic E-state index is 13.1. The van der Waals surface area contributed by atoms with Crippen molar-refractivity contribution < 1.29 is 19.1 Å². The van der Waals surface area contributed by atoms with E-state index in [9.17, 15) is 9.59 Å². The molecule has 36 heavy (non-hydrogen) atoms. The molecule has 0 aromatic heterocycles. The number of piperidine rings is 1. The summed E-state index contributed by atoms with van der Waals surface area (Å²) in [5.41, 5.74) is 3.39. The number of amides is 2. The lowest BCUT2D eigenvalue weighted by atomic mass is 9.89. The first kappa shape index (κ1) is 25.3. The van der Waals surface area contributed by atoms with E-state index in [-0.39, 0.29) is 23.8 Å². The third-order valence-corrected chi connectivity index (χ3v) is 6.41. The summed E-state index contributed by atoms with van der Waals surface area (Å²) in [7, 11) is 1.61. The number of carbonyl (C=O) groups excluding carboxylic acids is 2. The fraction of sp³-hybridized carbons (Fsp3) is 0.333. The number of hydrogen-bond donors (Lipinski definition) is 1. The SMILES string of the molecule is COc1ccc(C(=O)N2CCC[C@H](c3cccc(C(=O)NCc4ccc(OC(C)C)cc4)c3)C2)cc1. The first-order chi connectivity index (χ1) is 17.4. The highest BCUT2D eigenvalue weighted by molar-refractivity contribution is 5.95. The maximum Gasteiger partial charge on any atom is 0.253 e. The molecule has 0 bridgehead atoms. The van der Waals surface area contributed by atoms with Crippen LogP contribution in [0.1, 0.15) is 64.4 Å². The largest absolute Gasteiger partial charge is 0.497 e. The third kappa shape index (κ3) is 6.45. The predicted octanol–water partition coefficient (Wildman–Crippen LogP) is 5.43. The zero-order valence-electron chi connectivity index (χ0n) is 21.2. The molecule has 1 aliphatic rings. The number of rotatable bonds is 8. The van der Waals surface area contributed by atoms with E-state index >= 15 is 0 Å². The van der Waals surface area contributed by atoms with E-state index in [2.05, 4.69) is 11.4 Å². The molecule has 3 aromatic rings. The lowest BCUT2D eigenvalue weighted by Crippen LogP contribution is -2.39. The molecule has 6 heteroatoms. The minimum absolute atomic E-state index is 0.0288. The molecule has 0 spiro atoms. The van der Waals surface area contributed by atoms with Crippen LogP contribution >= 0.6 is 0 Å². The summed E-state index contributed by atoms with van der Waals surface area (Å²) in [5.74, 6) is 1.67. The Kier molecular flexibility index (Phi) is 8.26. The van der Waals surface area contributed by atoms with Crippen LogP contribution in [0.15, 0.2) is 72.8 Å². The fourth-order valence-electron chi connectivity index (χ4n) is 4.53. The van der Waals surface area contributed by atoms with Gasteiger partial charge in [-0.25, -0.2) is 0 Å². The maximum atomic E-state index is 13.1. The summed E-state index contributed by atoms with van der Waals surface area (Å²) in [5, 5.41) is 3.01. The average Bonchev–Trinajstić information content (AvgIpc) is 2.92. The van der Waals surface area contributed by atoms with Gasteiger partial charge in [0.15, 0.2) is 0 Å². The monoisotopic (exact) mass is 486 g/mol. The van der Waals surface area contributed by atoms with E-state index in [1.165, 1.54) is 0 Å². The predicted molar refractivity (Wildman–Crippen MR) is 141 cm³/mol. The zero-order valence-corrected chi connectivity index (χ0v) is 21.2. The second-order valence-corrected chi connectivity index (χ2v) is 9.44. The highest BCUT2D eigenvalue weighted by atomic mass is 16.5. The summed E-state index contributed by atoms with van der Waals surface area (Å²) in [6.07, 6.45) is 2.04. The van der Waals surface area contributed by atoms with Crippen molar-refractivity contribution in [2.75, 3.05) is 20.2 Å². The Hall–Kier alpha value is -3.80. The van der Waals surface area contributed by atoms with E-state index in [0.29, 0.717) is 24.2 Å². The van der Waals surface area contributed by atoms with Gasteiger partial charge in [-0.2, -0.15) is 0 Å². The van der Waals surface area contributed by atoms with Crippen LogP contribution in [0.4, 0.5) is 0 Å². The van der Waals surface area contributed by atoms with Gasteiger partial charge in [0, 0.05) is 36.7 Å². The summed E-state index contributed by atoms with van der Waals surface area (Å²) in [6.45, 7) is 5.81. The van der Waals surface area contributed by atoms with Gasteiger partial charge in [-0.3, -0.25) is 9.59 Å². The fourth-order valence-corrected chi connectivity index (χ4v) is 4.53. The normalized spacial score (nSPS) is 15.4. The van der Waals surface area contributed by atoms with Crippen molar-refractivity contribution in [2.45, 2.75) is 45.3 Å². The zero-order chi connectivity index (χ0) is 25.5. The molecule has 4 rings (SSSR count). The Morgan fingerprint density at radius 3 is 2.39 bits per heavy atom. The molecule has 1 saturated heterocycles. The molecule has 0 unspecified atom stereocenters. The van der Waals surface area contributed by atoms with Crippen LogP contribution in [-0.2, 0) is 6.54 Å². The van der Waals surface area contributed by atoms with Gasteiger partial charge in [-0.1, -0.05) is 24.3 Å². The highest BCUT2D eigenvalue weighted by Gasteiger charge is 2.26. The molecule has 1 aliphatic heterocycles. The van der Waals surface area contributed by atoms with Gasteiger partial charge in [0.05, 0.1) is 13.2 Å². The van der Waals surface area contributed by atoms with Crippen molar-refractivity contribution in [3.63, 3.8) is 0 Å². The van der Waals surface area contributed by atoms with Crippen LogP contribution < -0.4 is 14.8 Å². The van der Waals surface area contributed by atoms with Crippen LogP contribution in [0.5, 0.6) is 11.5 Å². The summed E-state index contributed by atoms with van der Waals surface area (Å²) < 4.78 is 10.9.